The number of nitrogens with one attached hydrogen (secondary N) is 2. The minimum atomic E-state index is 0.146. The van der Waals surface area contributed by atoms with E-state index in [0.29, 0.717) is 17.5 Å². The smallest absolute Gasteiger partial charge is 0.220 e. The van der Waals surface area contributed by atoms with Crippen molar-refractivity contribution >= 4 is 28.8 Å². The molecule has 0 saturated heterocycles. The van der Waals surface area contributed by atoms with E-state index in [-0.39, 0.29) is 5.91 Å². The standard InChI is InChI=1S/C15H21N3OS/c1-10-4-7-12(15(16)20)13(9-10)17-8-2-3-14(19)18-11-5-6-11/h4,7,9,11,17H,2-3,5-6,8H2,1H3,(H2,16,20)(H,18,19). The maximum absolute atomic E-state index is 11.6. The molecular weight excluding hydrogens is 270 g/mol. The Morgan fingerprint density at radius 2 is 2.20 bits per heavy atom. The molecule has 0 spiro atoms. The molecule has 0 aliphatic heterocycles. The van der Waals surface area contributed by atoms with Crippen LogP contribution in [0.3, 0.4) is 0 Å². The summed E-state index contributed by atoms with van der Waals surface area (Å²) in [5, 5.41) is 6.30. The second-order valence-corrected chi connectivity index (χ2v) is 5.73. The van der Waals surface area contributed by atoms with Gasteiger partial charge in [-0.3, -0.25) is 4.79 Å². The molecule has 5 heteroatoms. The highest BCUT2D eigenvalue weighted by molar-refractivity contribution is 7.80. The van der Waals surface area contributed by atoms with Crippen molar-refractivity contribution < 1.29 is 4.79 Å². The number of aryl methyl sites for hydroxylation is 1. The molecule has 1 aromatic carbocycles. The van der Waals surface area contributed by atoms with Crippen LogP contribution in [0.4, 0.5) is 5.69 Å². The zero-order valence-corrected chi connectivity index (χ0v) is 12.6. The number of thiocarbonyl (C=S) groups is 1. The van der Waals surface area contributed by atoms with Gasteiger partial charge in [0.05, 0.1) is 0 Å². The summed E-state index contributed by atoms with van der Waals surface area (Å²) in [6.45, 7) is 2.76. The third-order valence-electron chi connectivity index (χ3n) is 3.28. The number of benzene rings is 1. The predicted octanol–water partition coefficient (Wildman–Crippen LogP) is 2.10. The quantitative estimate of drug-likeness (QED) is 0.531. The van der Waals surface area contributed by atoms with Crippen LogP contribution >= 0.6 is 12.2 Å². The lowest BCUT2D eigenvalue weighted by Crippen LogP contribution is -2.25. The molecule has 0 heterocycles. The summed E-state index contributed by atoms with van der Waals surface area (Å²) < 4.78 is 0. The number of carbonyl (C=O) groups is 1. The minimum absolute atomic E-state index is 0.146. The van der Waals surface area contributed by atoms with Gasteiger partial charge in [0.1, 0.15) is 4.99 Å². The van der Waals surface area contributed by atoms with Gasteiger partial charge in [-0.2, -0.15) is 0 Å². The van der Waals surface area contributed by atoms with E-state index in [2.05, 4.69) is 10.6 Å². The van der Waals surface area contributed by atoms with Crippen molar-refractivity contribution in [2.45, 2.75) is 38.6 Å². The maximum atomic E-state index is 11.6. The number of anilines is 1. The van der Waals surface area contributed by atoms with E-state index in [9.17, 15) is 4.79 Å². The summed E-state index contributed by atoms with van der Waals surface area (Å²) in [6, 6.07) is 6.38. The van der Waals surface area contributed by atoms with E-state index in [1.54, 1.807) is 0 Å². The van der Waals surface area contributed by atoms with Gasteiger partial charge in [0.25, 0.3) is 0 Å². The number of amides is 1. The molecule has 4 nitrogen and oxygen atoms in total. The molecule has 4 N–H and O–H groups in total. The van der Waals surface area contributed by atoms with E-state index in [1.165, 1.54) is 0 Å². The third kappa shape index (κ3) is 4.49. The van der Waals surface area contributed by atoms with Crippen molar-refractivity contribution in [3.63, 3.8) is 0 Å². The van der Waals surface area contributed by atoms with Crippen molar-refractivity contribution in [1.82, 2.24) is 5.32 Å². The highest BCUT2D eigenvalue weighted by Crippen LogP contribution is 2.19. The average Bonchev–Trinajstić information content (AvgIpc) is 3.18. The average molecular weight is 291 g/mol. The van der Waals surface area contributed by atoms with Crippen molar-refractivity contribution in [2.24, 2.45) is 5.73 Å². The van der Waals surface area contributed by atoms with Crippen molar-refractivity contribution in [2.75, 3.05) is 11.9 Å². The molecule has 1 aliphatic carbocycles. The van der Waals surface area contributed by atoms with Crippen LogP contribution in [0.1, 0.15) is 36.8 Å². The second kappa shape index (κ2) is 6.70. The number of rotatable bonds is 7. The van der Waals surface area contributed by atoms with Crippen LogP contribution in [0.5, 0.6) is 0 Å². The first-order valence-corrected chi connectivity index (χ1v) is 7.41. The Bertz CT molecular complexity index is 512. The molecule has 0 bridgehead atoms. The summed E-state index contributed by atoms with van der Waals surface area (Å²) in [5.74, 6) is 0.146. The van der Waals surface area contributed by atoms with Gasteiger partial charge in [-0.05, 0) is 43.9 Å². The van der Waals surface area contributed by atoms with Crippen LogP contribution in [0.2, 0.25) is 0 Å². The lowest BCUT2D eigenvalue weighted by molar-refractivity contribution is -0.121. The number of hydrogen-bond acceptors (Lipinski definition) is 3. The Morgan fingerprint density at radius 3 is 2.85 bits per heavy atom. The Kier molecular flexibility index (Phi) is 4.95. The zero-order valence-electron chi connectivity index (χ0n) is 11.7. The third-order valence-corrected chi connectivity index (χ3v) is 3.50. The molecule has 1 aliphatic rings. The molecule has 1 aromatic rings. The first kappa shape index (κ1) is 14.8. The predicted molar refractivity (Wildman–Crippen MR) is 86.0 cm³/mol. The van der Waals surface area contributed by atoms with Crippen LogP contribution < -0.4 is 16.4 Å². The van der Waals surface area contributed by atoms with E-state index in [1.807, 2.05) is 25.1 Å². The van der Waals surface area contributed by atoms with Gasteiger partial charge in [-0.25, -0.2) is 0 Å². The molecule has 2 rings (SSSR count). The van der Waals surface area contributed by atoms with Crippen LogP contribution in [0, 0.1) is 6.92 Å². The van der Waals surface area contributed by atoms with Gasteiger partial charge >= 0.3 is 0 Å². The topological polar surface area (TPSA) is 67.1 Å². The molecule has 0 radical (unpaired) electrons. The highest BCUT2D eigenvalue weighted by atomic mass is 32.1. The van der Waals surface area contributed by atoms with Crippen molar-refractivity contribution in [3.05, 3.63) is 29.3 Å². The molecule has 1 saturated carbocycles. The highest BCUT2D eigenvalue weighted by Gasteiger charge is 2.22. The molecule has 0 atom stereocenters. The molecule has 20 heavy (non-hydrogen) atoms. The summed E-state index contributed by atoms with van der Waals surface area (Å²) in [5.41, 5.74) is 8.66. The van der Waals surface area contributed by atoms with Crippen LogP contribution in [-0.4, -0.2) is 23.5 Å². The first-order chi connectivity index (χ1) is 9.56. The summed E-state index contributed by atoms with van der Waals surface area (Å²) >= 11 is 5.04. The molecule has 1 fully saturated rings. The Balaban J connectivity index is 1.79. The molecule has 108 valence electrons. The van der Waals surface area contributed by atoms with Gasteiger partial charge < -0.3 is 16.4 Å². The Morgan fingerprint density at radius 1 is 1.45 bits per heavy atom. The van der Waals surface area contributed by atoms with E-state index in [4.69, 9.17) is 18.0 Å². The van der Waals surface area contributed by atoms with Gasteiger partial charge in [-0.1, -0.05) is 18.3 Å². The Labute approximate surface area is 125 Å². The van der Waals surface area contributed by atoms with Gasteiger partial charge in [0.15, 0.2) is 0 Å². The van der Waals surface area contributed by atoms with E-state index < -0.39 is 0 Å². The normalized spacial score (nSPS) is 13.8. The fourth-order valence-electron chi connectivity index (χ4n) is 2.02. The van der Waals surface area contributed by atoms with Crippen LogP contribution in [0.25, 0.3) is 0 Å². The summed E-state index contributed by atoms with van der Waals surface area (Å²) in [6.07, 6.45) is 3.61. The number of carbonyl (C=O) groups excluding carboxylic acids is 1. The summed E-state index contributed by atoms with van der Waals surface area (Å²) in [7, 11) is 0. The van der Waals surface area contributed by atoms with Gasteiger partial charge in [0.2, 0.25) is 5.91 Å². The van der Waals surface area contributed by atoms with Crippen molar-refractivity contribution in [1.29, 1.82) is 0 Å². The van der Waals surface area contributed by atoms with Gasteiger partial charge in [0, 0.05) is 30.3 Å². The second-order valence-electron chi connectivity index (χ2n) is 5.29. The first-order valence-electron chi connectivity index (χ1n) is 7.00. The molecule has 0 unspecified atom stereocenters. The molecular formula is C15H21N3OS. The zero-order chi connectivity index (χ0) is 14.5. The van der Waals surface area contributed by atoms with Crippen LogP contribution in [-0.2, 0) is 4.79 Å². The lowest BCUT2D eigenvalue weighted by atomic mass is 10.1. The van der Waals surface area contributed by atoms with E-state index in [0.717, 1.165) is 42.6 Å². The van der Waals surface area contributed by atoms with Gasteiger partial charge in [-0.15, -0.1) is 0 Å². The fraction of sp³-hybridized carbons (Fsp3) is 0.467. The minimum Gasteiger partial charge on any atom is -0.389 e. The largest absolute Gasteiger partial charge is 0.389 e. The number of hydrogen-bond donors (Lipinski definition) is 3. The molecule has 0 aromatic heterocycles. The van der Waals surface area contributed by atoms with Crippen molar-refractivity contribution in [3.8, 4) is 0 Å². The number of nitrogens with two attached hydrogens (primary N) is 1. The Hall–Kier alpha value is -1.62. The van der Waals surface area contributed by atoms with Crippen LogP contribution in [0.15, 0.2) is 18.2 Å². The monoisotopic (exact) mass is 291 g/mol. The lowest BCUT2D eigenvalue weighted by Gasteiger charge is -2.12. The SMILES string of the molecule is Cc1ccc(C(N)=S)c(NCCCC(=O)NC2CC2)c1. The van der Waals surface area contributed by atoms with E-state index >= 15 is 0 Å². The molecule has 1 amide bonds. The summed E-state index contributed by atoms with van der Waals surface area (Å²) in [4.78, 5) is 11.9. The maximum Gasteiger partial charge on any atom is 0.220 e. The fourth-order valence-corrected chi connectivity index (χ4v) is 2.20.